The summed E-state index contributed by atoms with van der Waals surface area (Å²) >= 11 is 0. The smallest absolute Gasteiger partial charge is 0.336 e. The zero-order valence-corrected chi connectivity index (χ0v) is 19.3. The van der Waals surface area contributed by atoms with Crippen LogP contribution in [0.3, 0.4) is 0 Å². The van der Waals surface area contributed by atoms with Crippen molar-refractivity contribution in [3.63, 3.8) is 0 Å². The van der Waals surface area contributed by atoms with Gasteiger partial charge < -0.3 is 19.7 Å². The van der Waals surface area contributed by atoms with Crippen LogP contribution in [0.2, 0.25) is 0 Å². The van der Waals surface area contributed by atoms with Crippen LogP contribution in [0.5, 0.6) is 0 Å². The summed E-state index contributed by atoms with van der Waals surface area (Å²) in [5.74, 6) is -1.95. The van der Waals surface area contributed by atoms with Crippen LogP contribution in [0.1, 0.15) is 60.8 Å². The Balaban J connectivity index is 1.80. The molecule has 2 N–H and O–H groups in total. The molecule has 2 aliphatic heterocycles. The second-order valence-corrected chi connectivity index (χ2v) is 10.5. The van der Waals surface area contributed by atoms with Crippen molar-refractivity contribution in [2.75, 3.05) is 0 Å². The van der Waals surface area contributed by atoms with Crippen LogP contribution < -0.4 is 0 Å². The van der Waals surface area contributed by atoms with Gasteiger partial charge >= 0.3 is 5.97 Å². The lowest BCUT2D eigenvalue weighted by Crippen LogP contribution is -2.69. The van der Waals surface area contributed by atoms with E-state index in [0.29, 0.717) is 17.8 Å². The van der Waals surface area contributed by atoms with Gasteiger partial charge in [0.1, 0.15) is 23.1 Å². The van der Waals surface area contributed by atoms with E-state index in [1.54, 1.807) is 13.0 Å². The number of carbonyl (C=O) groups excluding carboxylic acids is 2. The molecule has 2 heterocycles. The molecule has 0 unspecified atom stereocenters. The van der Waals surface area contributed by atoms with Crippen molar-refractivity contribution in [1.82, 2.24) is 0 Å². The minimum atomic E-state index is -1.45. The quantitative estimate of drug-likeness (QED) is 0.528. The second kappa shape index (κ2) is 7.12. The van der Waals surface area contributed by atoms with E-state index in [9.17, 15) is 19.8 Å². The minimum absolute atomic E-state index is 0.164. The fourth-order valence-electron chi connectivity index (χ4n) is 6.56. The van der Waals surface area contributed by atoms with Gasteiger partial charge in [0.2, 0.25) is 0 Å². The number of Topliss-reactive ketones (excluding diaryl/α,β-unsaturated/α-hetero) is 1. The highest BCUT2D eigenvalue weighted by atomic mass is 16.5. The van der Waals surface area contributed by atoms with E-state index in [4.69, 9.17) is 9.47 Å². The molecule has 0 aromatic heterocycles. The zero-order valence-electron chi connectivity index (χ0n) is 19.3. The summed E-state index contributed by atoms with van der Waals surface area (Å²) in [6, 6.07) is 0. The maximum Gasteiger partial charge on any atom is 0.336 e. The van der Waals surface area contributed by atoms with Crippen molar-refractivity contribution in [3.05, 3.63) is 35.1 Å². The first-order valence-electron chi connectivity index (χ1n) is 11.3. The van der Waals surface area contributed by atoms with E-state index in [1.807, 2.05) is 40.7 Å². The summed E-state index contributed by atoms with van der Waals surface area (Å²) in [5.41, 5.74) is -2.22. The van der Waals surface area contributed by atoms with Gasteiger partial charge in [-0.15, -0.1) is 0 Å². The Morgan fingerprint density at radius 3 is 2.48 bits per heavy atom. The molecule has 0 spiro atoms. The van der Waals surface area contributed by atoms with Gasteiger partial charge in [-0.1, -0.05) is 25.5 Å². The molecule has 3 fully saturated rings. The molecule has 6 nitrogen and oxygen atoms in total. The third-order valence-electron chi connectivity index (χ3n) is 8.25. The molecule has 2 saturated carbocycles. The number of carbonyl (C=O) groups is 2. The van der Waals surface area contributed by atoms with E-state index < -0.39 is 34.8 Å². The maximum atomic E-state index is 13.9. The molecule has 8 atom stereocenters. The van der Waals surface area contributed by atoms with Gasteiger partial charge in [-0.05, 0) is 70.4 Å². The van der Waals surface area contributed by atoms with Gasteiger partial charge in [0.25, 0.3) is 0 Å². The van der Waals surface area contributed by atoms with E-state index in [-0.39, 0.29) is 30.0 Å². The van der Waals surface area contributed by atoms with Crippen molar-refractivity contribution in [3.8, 4) is 0 Å². The van der Waals surface area contributed by atoms with Gasteiger partial charge in [0.15, 0.2) is 5.78 Å². The number of hydrogen-bond donors (Lipinski definition) is 2. The molecule has 1 saturated heterocycles. The summed E-state index contributed by atoms with van der Waals surface area (Å²) in [4.78, 5) is 25.5. The summed E-state index contributed by atoms with van der Waals surface area (Å²) < 4.78 is 11.7. The fraction of sp³-hybridized carbons (Fsp3) is 0.680. The highest BCUT2D eigenvalue weighted by Crippen LogP contribution is 2.62. The number of allylic oxidation sites excluding steroid dienone is 2. The highest BCUT2D eigenvalue weighted by molar-refractivity contribution is 5.94. The summed E-state index contributed by atoms with van der Waals surface area (Å²) in [6.45, 7) is 11.4. The Kier molecular flexibility index (Phi) is 5.15. The fourth-order valence-corrected chi connectivity index (χ4v) is 6.56. The monoisotopic (exact) mass is 430 g/mol. The molecule has 31 heavy (non-hydrogen) atoms. The Labute approximate surface area is 184 Å². The number of hydrogen-bond acceptors (Lipinski definition) is 6. The first-order chi connectivity index (χ1) is 14.4. The number of ketones is 1. The van der Waals surface area contributed by atoms with Gasteiger partial charge in [-0.25, -0.2) is 4.79 Å². The Morgan fingerprint density at radius 2 is 1.90 bits per heavy atom. The number of rotatable bonds is 3. The molecule has 0 bridgehead atoms. The van der Waals surface area contributed by atoms with Gasteiger partial charge in [0.05, 0.1) is 11.5 Å². The number of ether oxygens (including phenoxy) is 2. The lowest BCUT2D eigenvalue weighted by molar-refractivity contribution is -0.193. The lowest BCUT2D eigenvalue weighted by atomic mass is 9.53. The van der Waals surface area contributed by atoms with Gasteiger partial charge in [-0.2, -0.15) is 0 Å². The zero-order chi connectivity index (χ0) is 22.9. The predicted molar refractivity (Wildman–Crippen MR) is 115 cm³/mol. The van der Waals surface area contributed by atoms with Crippen molar-refractivity contribution in [1.29, 1.82) is 0 Å². The molecule has 0 aromatic rings. The molecule has 4 aliphatic rings. The van der Waals surface area contributed by atoms with Crippen molar-refractivity contribution in [2.24, 2.45) is 23.7 Å². The number of cyclic esters (lactones) is 1. The summed E-state index contributed by atoms with van der Waals surface area (Å²) in [6.07, 6.45) is 6.15. The molecule has 6 heteroatoms. The SMILES string of the molecule is CC(C)=C[C@H]1O[C@@](C)(CC=C2OC(=O)C=C2C)[C@@H]2C(=O)[C@@]3(O)[C@@H](C)CC[C@H]3[C@H](C)[C@@]21O. The molecule has 0 radical (unpaired) electrons. The van der Waals surface area contributed by atoms with Crippen LogP contribution in [-0.2, 0) is 19.1 Å². The van der Waals surface area contributed by atoms with Crippen LogP contribution in [0.4, 0.5) is 0 Å². The Morgan fingerprint density at radius 1 is 1.23 bits per heavy atom. The van der Waals surface area contributed by atoms with Crippen LogP contribution >= 0.6 is 0 Å². The average Bonchev–Trinajstić information content (AvgIpc) is 3.23. The van der Waals surface area contributed by atoms with E-state index in [2.05, 4.69) is 0 Å². The van der Waals surface area contributed by atoms with Crippen LogP contribution in [0, 0.1) is 23.7 Å². The molecular formula is C25H34O6. The molecule has 4 rings (SSSR count). The second-order valence-electron chi connectivity index (χ2n) is 10.5. The highest BCUT2D eigenvalue weighted by Gasteiger charge is 2.75. The number of fused-ring (bicyclic) bond motifs is 2. The van der Waals surface area contributed by atoms with E-state index in [1.165, 1.54) is 6.08 Å². The standard InChI is InChI=1S/C25H34O6/c1-13(2)11-19-25(29)16(5)17-8-7-15(4)24(17,28)22(27)21(25)23(6,31-19)10-9-18-14(3)12-20(26)30-18/h9,11-12,15-17,19,21,28-29H,7-8,10H2,1-6H3/t15-,16-,17-,19+,21-,23-,24+,25-/m0/s1. The minimum Gasteiger partial charge on any atom is -0.423 e. The largest absolute Gasteiger partial charge is 0.423 e. The lowest BCUT2D eigenvalue weighted by Gasteiger charge is -2.52. The molecule has 0 aromatic carbocycles. The Hall–Kier alpha value is -1.76. The average molecular weight is 431 g/mol. The van der Waals surface area contributed by atoms with E-state index >= 15 is 0 Å². The molecule has 2 aliphatic carbocycles. The predicted octanol–water partition coefficient (Wildman–Crippen LogP) is 3.23. The van der Waals surface area contributed by atoms with Crippen LogP contribution in [0.25, 0.3) is 0 Å². The van der Waals surface area contributed by atoms with Gasteiger partial charge in [0, 0.05) is 12.0 Å². The number of aliphatic hydroxyl groups is 2. The molecular weight excluding hydrogens is 396 g/mol. The van der Waals surface area contributed by atoms with Crippen LogP contribution in [0.15, 0.2) is 35.1 Å². The topological polar surface area (TPSA) is 93.1 Å². The number of esters is 1. The van der Waals surface area contributed by atoms with Crippen molar-refractivity contribution < 1.29 is 29.3 Å². The maximum absolute atomic E-state index is 13.9. The van der Waals surface area contributed by atoms with Crippen molar-refractivity contribution in [2.45, 2.75) is 83.7 Å². The third kappa shape index (κ3) is 3.02. The normalized spacial score (nSPS) is 47.8. The summed E-state index contributed by atoms with van der Waals surface area (Å²) in [7, 11) is 0. The Bertz CT molecular complexity index is 911. The summed E-state index contributed by atoms with van der Waals surface area (Å²) in [5, 5.41) is 23.7. The molecule has 170 valence electrons. The first-order valence-corrected chi connectivity index (χ1v) is 11.3. The molecule has 0 amide bonds. The van der Waals surface area contributed by atoms with Crippen LogP contribution in [-0.4, -0.2) is 44.9 Å². The first kappa shape index (κ1) is 22.4. The van der Waals surface area contributed by atoms with E-state index in [0.717, 1.165) is 12.0 Å². The van der Waals surface area contributed by atoms with Gasteiger partial charge in [-0.3, -0.25) is 4.79 Å². The van der Waals surface area contributed by atoms with Crippen molar-refractivity contribution >= 4 is 11.8 Å². The third-order valence-corrected chi connectivity index (χ3v) is 8.25.